The van der Waals surface area contributed by atoms with Crippen molar-refractivity contribution < 1.29 is 14.5 Å². The number of anilines is 1. The van der Waals surface area contributed by atoms with Crippen molar-refractivity contribution in [3.63, 3.8) is 0 Å². The second kappa shape index (κ2) is 6.01. The van der Waals surface area contributed by atoms with Gasteiger partial charge in [-0.25, -0.2) is 0 Å². The van der Waals surface area contributed by atoms with Gasteiger partial charge in [0.2, 0.25) is 5.91 Å². The van der Waals surface area contributed by atoms with Crippen LogP contribution < -0.4 is 16.4 Å². The predicted octanol–water partition coefficient (Wildman–Crippen LogP) is 0.306. The summed E-state index contributed by atoms with van der Waals surface area (Å²) in [6.45, 7) is -0.269. The molecule has 0 unspecified atom stereocenters. The number of nitrogen functional groups attached to an aromatic ring is 1. The number of carbonyl (C=O) groups is 2. The van der Waals surface area contributed by atoms with Gasteiger partial charge in [0.1, 0.15) is 0 Å². The van der Waals surface area contributed by atoms with Crippen LogP contribution in [0.15, 0.2) is 12.1 Å². The van der Waals surface area contributed by atoms with Crippen molar-refractivity contribution in [2.24, 2.45) is 0 Å². The van der Waals surface area contributed by atoms with Gasteiger partial charge in [-0.1, -0.05) is 11.6 Å². The first-order valence-electron chi connectivity index (χ1n) is 5.09. The smallest absolute Gasteiger partial charge is 0.271 e. The summed E-state index contributed by atoms with van der Waals surface area (Å²) in [5, 5.41) is 15.1. The van der Waals surface area contributed by atoms with Crippen LogP contribution in [0, 0.1) is 10.1 Å². The van der Waals surface area contributed by atoms with Gasteiger partial charge in [-0.3, -0.25) is 19.7 Å². The molecule has 0 radical (unpaired) electrons. The maximum absolute atomic E-state index is 11.8. The van der Waals surface area contributed by atoms with Crippen LogP contribution >= 0.6 is 11.6 Å². The zero-order chi connectivity index (χ0) is 14.6. The van der Waals surface area contributed by atoms with E-state index in [-0.39, 0.29) is 28.5 Å². The van der Waals surface area contributed by atoms with Crippen LogP contribution in [0.4, 0.5) is 11.4 Å². The van der Waals surface area contributed by atoms with E-state index in [1.54, 1.807) is 0 Å². The van der Waals surface area contributed by atoms with Crippen LogP contribution in [-0.2, 0) is 4.79 Å². The molecule has 0 aliphatic rings. The average Bonchev–Trinajstić information content (AvgIpc) is 2.38. The fourth-order valence-corrected chi connectivity index (χ4v) is 1.45. The lowest BCUT2D eigenvalue weighted by Gasteiger charge is -2.08. The summed E-state index contributed by atoms with van der Waals surface area (Å²) < 4.78 is 0. The van der Waals surface area contributed by atoms with Gasteiger partial charge in [-0.15, -0.1) is 0 Å². The number of nitrogens with one attached hydrogen (secondary N) is 2. The molecule has 1 rings (SSSR count). The van der Waals surface area contributed by atoms with Gasteiger partial charge in [-0.05, 0) is 0 Å². The molecule has 0 atom stereocenters. The van der Waals surface area contributed by atoms with E-state index in [0.717, 1.165) is 12.1 Å². The predicted molar refractivity (Wildman–Crippen MR) is 68.9 cm³/mol. The van der Waals surface area contributed by atoms with Crippen molar-refractivity contribution in [2.75, 3.05) is 19.3 Å². The Balaban J connectivity index is 3.02. The van der Waals surface area contributed by atoms with E-state index in [0.29, 0.717) is 0 Å². The van der Waals surface area contributed by atoms with Crippen molar-refractivity contribution in [2.45, 2.75) is 0 Å². The number of nitrogens with two attached hydrogens (primary N) is 1. The summed E-state index contributed by atoms with van der Waals surface area (Å²) in [4.78, 5) is 32.7. The minimum Gasteiger partial charge on any atom is -0.397 e. The Labute approximate surface area is 113 Å². The van der Waals surface area contributed by atoms with Gasteiger partial charge < -0.3 is 16.4 Å². The molecule has 0 aliphatic carbocycles. The third kappa shape index (κ3) is 3.55. The molecule has 4 N–H and O–H groups in total. The van der Waals surface area contributed by atoms with Crippen molar-refractivity contribution in [3.05, 3.63) is 32.8 Å². The number of rotatable bonds is 4. The fraction of sp³-hybridized carbons (Fsp3) is 0.200. The Morgan fingerprint density at radius 3 is 2.63 bits per heavy atom. The summed E-state index contributed by atoms with van der Waals surface area (Å²) in [5.74, 6) is -1.13. The molecule has 2 amide bonds. The molecule has 0 saturated heterocycles. The summed E-state index contributed by atoms with van der Waals surface area (Å²) in [6.07, 6.45) is 0. The van der Waals surface area contributed by atoms with E-state index >= 15 is 0 Å². The van der Waals surface area contributed by atoms with Gasteiger partial charge in [0.05, 0.1) is 27.7 Å². The normalized spacial score (nSPS) is 9.79. The van der Waals surface area contributed by atoms with E-state index in [9.17, 15) is 19.7 Å². The molecule has 102 valence electrons. The Kier molecular flexibility index (Phi) is 4.65. The van der Waals surface area contributed by atoms with Crippen LogP contribution in [-0.4, -0.2) is 30.3 Å². The second-order valence-corrected chi connectivity index (χ2v) is 3.91. The van der Waals surface area contributed by atoms with E-state index < -0.39 is 16.7 Å². The number of carbonyl (C=O) groups excluding carboxylic acids is 2. The highest BCUT2D eigenvalue weighted by Gasteiger charge is 2.19. The standard InChI is InChI=1S/C10H11ClN4O4/c1-13-8(16)4-14-10(17)6-2-5(15(18)19)3-7(11)9(6)12/h2-3H,4,12H2,1H3,(H,13,16)(H,14,17). The molecule has 0 spiro atoms. The van der Waals surface area contributed by atoms with E-state index in [1.807, 2.05) is 0 Å². The number of nitro benzene ring substituents is 1. The largest absolute Gasteiger partial charge is 0.397 e. The first-order chi connectivity index (χ1) is 8.86. The Morgan fingerprint density at radius 1 is 1.47 bits per heavy atom. The number of nitrogens with zero attached hydrogens (tertiary/aromatic N) is 1. The van der Waals surface area contributed by atoms with Crippen molar-refractivity contribution >= 4 is 34.8 Å². The molecular formula is C10H11ClN4O4. The lowest BCUT2D eigenvalue weighted by molar-refractivity contribution is -0.384. The topological polar surface area (TPSA) is 127 Å². The van der Waals surface area contributed by atoms with Gasteiger partial charge in [-0.2, -0.15) is 0 Å². The molecule has 0 fully saturated rings. The number of nitro groups is 1. The number of halogens is 1. The van der Waals surface area contributed by atoms with Gasteiger partial charge in [0, 0.05) is 19.2 Å². The second-order valence-electron chi connectivity index (χ2n) is 3.50. The third-order valence-corrected chi connectivity index (χ3v) is 2.57. The maximum atomic E-state index is 11.8. The summed E-state index contributed by atoms with van der Waals surface area (Å²) in [5.41, 5.74) is 4.99. The lowest BCUT2D eigenvalue weighted by atomic mass is 10.1. The quantitative estimate of drug-likeness (QED) is 0.417. The van der Waals surface area contributed by atoms with Crippen molar-refractivity contribution in [3.8, 4) is 0 Å². The lowest BCUT2D eigenvalue weighted by Crippen LogP contribution is -2.35. The van der Waals surface area contributed by atoms with Crippen LogP contribution in [0.3, 0.4) is 0 Å². The summed E-state index contributed by atoms with van der Waals surface area (Å²) in [6, 6.07) is 2.05. The molecule has 0 heterocycles. The molecule has 9 heteroatoms. The minimum atomic E-state index is -0.716. The Bertz CT molecular complexity index is 547. The fourth-order valence-electron chi connectivity index (χ4n) is 1.24. The third-order valence-electron chi connectivity index (χ3n) is 2.26. The summed E-state index contributed by atoms with van der Waals surface area (Å²) >= 11 is 5.71. The van der Waals surface area contributed by atoms with E-state index in [2.05, 4.69) is 10.6 Å². The number of hydrogen-bond acceptors (Lipinski definition) is 5. The number of likely N-dealkylation sites (N-methyl/N-ethyl adjacent to an activating group) is 1. The number of hydrogen-bond donors (Lipinski definition) is 3. The zero-order valence-corrected chi connectivity index (χ0v) is 10.7. The van der Waals surface area contributed by atoms with Gasteiger partial charge in [0.25, 0.3) is 11.6 Å². The van der Waals surface area contributed by atoms with Crippen molar-refractivity contribution in [1.82, 2.24) is 10.6 Å². The maximum Gasteiger partial charge on any atom is 0.271 e. The molecular weight excluding hydrogens is 276 g/mol. The molecule has 1 aromatic rings. The number of amides is 2. The molecule has 8 nitrogen and oxygen atoms in total. The highest BCUT2D eigenvalue weighted by molar-refractivity contribution is 6.34. The molecule has 0 bridgehead atoms. The number of benzene rings is 1. The minimum absolute atomic E-state index is 0.0818. The van der Waals surface area contributed by atoms with Gasteiger partial charge >= 0.3 is 0 Å². The Hall–Kier alpha value is -2.35. The molecule has 0 aromatic heterocycles. The monoisotopic (exact) mass is 286 g/mol. The van der Waals surface area contributed by atoms with Crippen LogP contribution in [0.5, 0.6) is 0 Å². The molecule has 0 aliphatic heterocycles. The van der Waals surface area contributed by atoms with Crippen LogP contribution in [0.2, 0.25) is 5.02 Å². The first-order valence-corrected chi connectivity index (χ1v) is 5.46. The van der Waals surface area contributed by atoms with E-state index in [1.165, 1.54) is 7.05 Å². The van der Waals surface area contributed by atoms with Crippen LogP contribution in [0.1, 0.15) is 10.4 Å². The SMILES string of the molecule is CNC(=O)CNC(=O)c1cc([N+](=O)[O-])cc(Cl)c1N. The summed E-state index contributed by atoms with van der Waals surface area (Å²) in [7, 11) is 1.41. The highest BCUT2D eigenvalue weighted by Crippen LogP contribution is 2.28. The molecule has 1 aromatic carbocycles. The van der Waals surface area contributed by atoms with Gasteiger partial charge in [0.15, 0.2) is 0 Å². The average molecular weight is 287 g/mol. The first kappa shape index (κ1) is 14.7. The van der Waals surface area contributed by atoms with E-state index in [4.69, 9.17) is 17.3 Å². The molecule has 0 saturated carbocycles. The van der Waals surface area contributed by atoms with Crippen LogP contribution in [0.25, 0.3) is 0 Å². The molecule has 19 heavy (non-hydrogen) atoms. The number of non-ortho nitro benzene ring substituents is 1. The highest BCUT2D eigenvalue weighted by atomic mass is 35.5. The van der Waals surface area contributed by atoms with Crippen molar-refractivity contribution in [1.29, 1.82) is 0 Å². The Morgan fingerprint density at radius 2 is 2.11 bits per heavy atom. The zero-order valence-electron chi connectivity index (χ0n) is 9.90.